The van der Waals surface area contributed by atoms with Crippen molar-refractivity contribution in [2.24, 2.45) is 0 Å². The molecule has 1 atom stereocenters. The molecule has 7 nitrogen and oxygen atoms in total. The van der Waals surface area contributed by atoms with E-state index in [-0.39, 0.29) is 19.1 Å². The number of hydrogen-bond acceptors (Lipinski definition) is 5. The van der Waals surface area contributed by atoms with Gasteiger partial charge in [0.15, 0.2) is 6.29 Å². The second-order valence-corrected chi connectivity index (χ2v) is 5.05. The van der Waals surface area contributed by atoms with Crippen molar-refractivity contribution in [3.8, 4) is 0 Å². The molecule has 1 N–H and O–H groups in total. The number of rotatable bonds is 8. The van der Waals surface area contributed by atoms with Gasteiger partial charge >= 0.3 is 6.09 Å². The van der Waals surface area contributed by atoms with Crippen molar-refractivity contribution < 1.29 is 23.8 Å². The van der Waals surface area contributed by atoms with E-state index >= 15 is 0 Å². The van der Waals surface area contributed by atoms with E-state index in [0.29, 0.717) is 0 Å². The summed E-state index contributed by atoms with van der Waals surface area (Å²) >= 11 is 0. The van der Waals surface area contributed by atoms with E-state index < -0.39 is 18.4 Å². The number of alkyl carbamates (subject to hydrolysis) is 1. The Morgan fingerprint density at radius 2 is 1.78 bits per heavy atom. The van der Waals surface area contributed by atoms with Crippen LogP contribution < -0.4 is 5.32 Å². The Labute approximate surface area is 136 Å². The molecule has 0 fully saturated rings. The highest BCUT2D eigenvalue weighted by atomic mass is 16.7. The summed E-state index contributed by atoms with van der Waals surface area (Å²) in [5, 5.41) is 2.51. The standard InChI is InChI=1S/C16H24N2O5/c1-12(15(19)18(2)10-14(21-3)22-4)17-16(20)23-11-13-8-6-5-7-9-13/h5-9,12,14H,10-11H2,1-4H3,(H,17,20)/t12-/m0/s1. The zero-order valence-electron chi connectivity index (χ0n) is 13.9. The van der Waals surface area contributed by atoms with Crippen molar-refractivity contribution in [1.82, 2.24) is 10.2 Å². The number of methoxy groups -OCH3 is 2. The van der Waals surface area contributed by atoms with Gasteiger partial charge in [0, 0.05) is 21.3 Å². The second kappa shape index (κ2) is 9.81. The van der Waals surface area contributed by atoms with E-state index in [1.807, 2.05) is 30.3 Å². The quantitative estimate of drug-likeness (QED) is 0.731. The van der Waals surface area contributed by atoms with Crippen molar-refractivity contribution in [3.05, 3.63) is 35.9 Å². The molecule has 0 bridgehead atoms. The minimum Gasteiger partial charge on any atom is -0.445 e. The zero-order chi connectivity index (χ0) is 17.2. The highest BCUT2D eigenvalue weighted by Crippen LogP contribution is 2.02. The van der Waals surface area contributed by atoms with Gasteiger partial charge in [0.2, 0.25) is 5.91 Å². The van der Waals surface area contributed by atoms with Crippen molar-refractivity contribution in [2.45, 2.75) is 25.9 Å². The van der Waals surface area contributed by atoms with Gasteiger partial charge in [-0.1, -0.05) is 30.3 Å². The lowest BCUT2D eigenvalue weighted by molar-refractivity contribution is -0.144. The maximum atomic E-state index is 12.2. The van der Waals surface area contributed by atoms with Crippen molar-refractivity contribution in [2.75, 3.05) is 27.8 Å². The molecule has 23 heavy (non-hydrogen) atoms. The Kier molecular flexibility index (Phi) is 8.07. The molecule has 1 rings (SSSR count). The minimum absolute atomic E-state index is 0.152. The fourth-order valence-corrected chi connectivity index (χ4v) is 1.89. The van der Waals surface area contributed by atoms with Crippen LogP contribution in [0.4, 0.5) is 4.79 Å². The lowest BCUT2D eigenvalue weighted by Crippen LogP contribution is -2.47. The number of carbonyl (C=O) groups excluding carboxylic acids is 2. The number of carbonyl (C=O) groups is 2. The van der Waals surface area contributed by atoms with Crippen molar-refractivity contribution in [1.29, 1.82) is 0 Å². The first-order valence-corrected chi connectivity index (χ1v) is 7.25. The first-order valence-electron chi connectivity index (χ1n) is 7.25. The van der Waals surface area contributed by atoms with Crippen LogP contribution in [0.2, 0.25) is 0 Å². The summed E-state index contributed by atoms with van der Waals surface area (Å²) in [6.45, 7) is 2.01. The summed E-state index contributed by atoms with van der Waals surface area (Å²) in [5.74, 6) is -0.263. The molecule has 1 aromatic carbocycles. The van der Waals surface area contributed by atoms with Crippen LogP contribution in [0.3, 0.4) is 0 Å². The van der Waals surface area contributed by atoms with Crippen LogP contribution in [0.1, 0.15) is 12.5 Å². The fraction of sp³-hybridized carbons (Fsp3) is 0.500. The number of likely N-dealkylation sites (N-methyl/N-ethyl adjacent to an activating group) is 1. The molecule has 0 aliphatic heterocycles. The lowest BCUT2D eigenvalue weighted by Gasteiger charge is -2.25. The molecule has 0 unspecified atom stereocenters. The Balaban J connectivity index is 2.40. The second-order valence-electron chi connectivity index (χ2n) is 5.05. The van der Waals surface area contributed by atoms with Gasteiger partial charge in [-0.25, -0.2) is 4.79 Å². The third-order valence-electron chi connectivity index (χ3n) is 3.24. The maximum Gasteiger partial charge on any atom is 0.408 e. The molecule has 0 radical (unpaired) electrons. The van der Waals surface area contributed by atoms with E-state index in [1.165, 1.54) is 19.1 Å². The Hall–Kier alpha value is -2.12. The highest BCUT2D eigenvalue weighted by molar-refractivity contribution is 5.85. The smallest absolute Gasteiger partial charge is 0.408 e. The molecule has 0 saturated carbocycles. The van der Waals surface area contributed by atoms with Gasteiger partial charge in [0.05, 0.1) is 6.54 Å². The SMILES string of the molecule is COC(CN(C)C(=O)[C@H](C)NC(=O)OCc1ccccc1)OC. The third-order valence-corrected chi connectivity index (χ3v) is 3.24. The first kappa shape index (κ1) is 18.9. The number of benzene rings is 1. The van der Waals surface area contributed by atoms with Gasteiger partial charge in [-0.3, -0.25) is 4.79 Å². The van der Waals surface area contributed by atoms with E-state index in [2.05, 4.69) is 5.32 Å². The first-order chi connectivity index (χ1) is 11.0. The summed E-state index contributed by atoms with van der Waals surface area (Å²) in [7, 11) is 4.60. The maximum absolute atomic E-state index is 12.2. The van der Waals surface area contributed by atoms with Crippen LogP contribution in [-0.4, -0.2) is 57.0 Å². The third kappa shape index (κ3) is 6.66. The van der Waals surface area contributed by atoms with Gasteiger partial charge in [0.25, 0.3) is 0 Å². The summed E-state index contributed by atoms with van der Waals surface area (Å²) in [6, 6.07) is 8.60. The number of hydrogen-bond donors (Lipinski definition) is 1. The zero-order valence-corrected chi connectivity index (χ0v) is 13.9. The van der Waals surface area contributed by atoms with Crippen LogP contribution >= 0.6 is 0 Å². The van der Waals surface area contributed by atoms with Crippen LogP contribution in [0.5, 0.6) is 0 Å². The van der Waals surface area contributed by atoms with Crippen molar-refractivity contribution >= 4 is 12.0 Å². The molecule has 0 heterocycles. The Morgan fingerprint density at radius 1 is 1.17 bits per heavy atom. The molecule has 0 spiro atoms. The molecule has 7 heteroatoms. The minimum atomic E-state index is -0.711. The lowest BCUT2D eigenvalue weighted by atomic mass is 10.2. The largest absolute Gasteiger partial charge is 0.445 e. The fourth-order valence-electron chi connectivity index (χ4n) is 1.89. The van der Waals surface area contributed by atoms with E-state index in [9.17, 15) is 9.59 Å². The van der Waals surface area contributed by atoms with E-state index in [0.717, 1.165) is 5.56 Å². The number of amides is 2. The molecule has 2 amide bonds. The number of nitrogens with zero attached hydrogens (tertiary/aromatic N) is 1. The summed E-state index contributed by atoms with van der Waals surface area (Å²) in [4.78, 5) is 25.3. The Bertz CT molecular complexity index is 491. The molecule has 0 aromatic heterocycles. The van der Waals surface area contributed by atoms with Crippen molar-refractivity contribution in [3.63, 3.8) is 0 Å². The van der Waals surface area contributed by atoms with Gasteiger partial charge in [0.1, 0.15) is 12.6 Å². The molecule has 0 aliphatic rings. The molecular weight excluding hydrogens is 300 g/mol. The average molecular weight is 324 g/mol. The van der Waals surface area contributed by atoms with Gasteiger partial charge in [-0.05, 0) is 12.5 Å². The number of nitrogens with one attached hydrogen (secondary N) is 1. The van der Waals surface area contributed by atoms with Crippen LogP contribution in [-0.2, 0) is 25.6 Å². The van der Waals surface area contributed by atoms with Crippen LogP contribution in [0.25, 0.3) is 0 Å². The monoisotopic (exact) mass is 324 g/mol. The topological polar surface area (TPSA) is 77.1 Å². The molecule has 128 valence electrons. The molecule has 1 aromatic rings. The van der Waals surface area contributed by atoms with Gasteiger partial charge in [-0.15, -0.1) is 0 Å². The highest BCUT2D eigenvalue weighted by Gasteiger charge is 2.22. The van der Waals surface area contributed by atoms with Crippen LogP contribution in [0.15, 0.2) is 30.3 Å². The molecule has 0 saturated heterocycles. The molecule has 0 aliphatic carbocycles. The predicted octanol–water partition coefficient (Wildman–Crippen LogP) is 1.38. The Morgan fingerprint density at radius 3 is 2.35 bits per heavy atom. The number of ether oxygens (including phenoxy) is 3. The summed E-state index contributed by atoms with van der Waals surface area (Å²) in [6.07, 6.45) is -1.15. The van der Waals surface area contributed by atoms with E-state index in [4.69, 9.17) is 14.2 Å². The van der Waals surface area contributed by atoms with E-state index in [1.54, 1.807) is 14.0 Å². The van der Waals surface area contributed by atoms with Gasteiger partial charge < -0.3 is 24.4 Å². The summed E-state index contributed by atoms with van der Waals surface area (Å²) in [5.41, 5.74) is 0.877. The van der Waals surface area contributed by atoms with Crippen LogP contribution in [0, 0.1) is 0 Å². The predicted molar refractivity (Wildman–Crippen MR) is 84.7 cm³/mol. The summed E-state index contributed by atoms with van der Waals surface area (Å²) < 4.78 is 15.2. The normalized spacial score (nSPS) is 11.9. The van der Waals surface area contributed by atoms with Gasteiger partial charge in [-0.2, -0.15) is 0 Å². The molecular formula is C16H24N2O5. The average Bonchev–Trinajstić information content (AvgIpc) is 2.57.